The van der Waals surface area contributed by atoms with E-state index in [2.05, 4.69) is 20.4 Å². The minimum absolute atomic E-state index is 0.00347. The SMILES string of the molecule is CCN(CC)CC(=O)Nc1ccc(-c2ccc(NC(=O)CN(CC)CC)cc2)cc1. The zero-order valence-corrected chi connectivity index (χ0v) is 18.6. The number of likely N-dealkylation sites (N-methyl/N-ethyl adjacent to an activating group) is 2. The van der Waals surface area contributed by atoms with E-state index >= 15 is 0 Å². The summed E-state index contributed by atoms with van der Waals surface area (Å²) < 4.78 is 0. The second-order valence-electron chi connectivity index (χ2n) is 7.17. The van der Waals surface area contributed by atoms with E-state index < -0.39 is 0 Å². The monoisotopic (exact) mass is 410 g/mol. The first kappa shape index (κ1) is 23.6. The number of nitrogens with one attached hydrogen (secondary N) is 2. The molecule has 0 saturated carbocycles. The molecule has 0 bridgehead atoms. The van der Waals surface area contributed by atoms with Gasteiger partial charge in [0.15, 0.2) is 0 Å². The van der Waals surface area contributed by atoms with E-state index in [9.17, 15) is 9.59 Å². The minimum atomic E-state index is -0.00347. The molecule has 162 valence electrons. The van der Waals surface area contributed by atoms with Gasteiger partial charge in [0.25, 0.3) is 0 Å². The third kappa shape index (κ3) is 7.28. The summed E-state index contributed by atoms with van der Waals surface area (Å²) in [6.45, 7) is 12.4. The largest absolute Gasteiger partial charge is 0.325 e. The Morgan fingerprint density at radius 1 is 0.600 bits per heavy atom. The molecule has 2 amide bonds. The third-order valence-corrected chi connectivity index (χ3v) is 5.19. The molecule has 0 aromatic heterocycles. The Morgan fingerprint density at radius 3 is 1.17 bits per heavy atom. The van der Waals surface area contributed by atoms with Crippen LogP contribution in [-0.2, 0) is 9.59 Å². The highest BCUT2D eigenvalue weighted by atomic mass is 16.2. The predicted molar refractivity (Wildman–Crippen MR) is 125 cm³/mol. The highest BCUT2D eigenvalue weighted by molar-refractivity contribution is 5.93. The molecule has 2 rings (SSSR count). The van der Waals surface area contributed by atoms with Crippen LogP contribution < -0.4 is 10.6 Å². The fraction of sp³-hybridized carbons (Fsp3) is 0.417. The summed E-state index contributed by atoms with van der Waals surface area (Å²) >= 11 is 0. The predicted octanol–water partition coefficient (Wildman–Crippen LogP) is 3.91. The third-order valence-electron chi connectivity index (χ3n) is 5.19. The molecule has 0 spiro atoms. The highest BCUT2D eigenvalue weighted by Crippen LogP contribution is 2.23. The number of carbonyl (C=O) groups is 2. The number of hydrogen-bond acceptors (Lipinski definition) is 4. The van der Waals surface area contributed by atoms with Gasteiger partial charge in [-0.25, -0.2) is 0 Å². The molecule has 0 aliphatic carbocycles. The molecule has 0 fully saturated rings. The van der Waals surface area contributed by atoms with Crippen LogP contribution in [-0.4, -0.2) is 60.9 Å². The summed E-state index contributed by atoms with van der Waals surface area (Å²) in [5.41, 5.74) is 3.68. The van der Waals surface area contributed by atoms with Crippen LogP contribution in [0.1, 0.15) is 27.7 Å². The van der Waals surface area contributed by atoms with Gasteiger partial charge in [-0.1, -0.05) is 52.0 Å². The van der Waals surface area contributed by atoms with Crippen molar-refractivity contribution in [3.05, 3.63) is 48.5 Å². The number of anilines is 2. The lowest BCUT2D eigenvalue weighted by atomic mass is 10.0. The van der Waals surface area contributed by atoms with E-state index in [1.807, 2.05) is 76.2 Å². The molecule has 2 aromatic rings. The van der Waals surface area contributed by atoms with Crippen LogP contribution in [0.25, 0.3) is 11.1 Å². The van der Waals surface area contributed by atoms with Gasteiger partial charge in [-0.2, -0.15) is 0 Å². The molecule has 0 atom stereocenters. The van der Waals surface area contributed by atoms with E-state index in [-0.39, 0.29) is 11.8 Å². The second kappa shape index (κ2) is 12.1. The molecule has 0 radical (unpaired) electrons. The number of hydrogen-bond donors (Lipinski definition) is 2. The van der Waals surface area contributed by atoms with Gasteiger partial charge in [-0.05, 0) is 61.6 Å². The van der Waals surface area contributed by atoms with Crippen LogP contribution in [0, 0.1) is 0 Å². The van der Waals surface area contributed by atoms with Crippen LogP contribution in [0.5, 0.6) is 0 Å². The van der Waals surface area contributed by atoms with E-state index in [0.29, 0.717) is 13.1 Å². The normalized spacial score (nSPS) is 11.0. The van der Waals surface area contributed by atoms with Crippen molar-refractivity contribution in [2.24, 2.45) is 0 Å². The molecule has 0 unspecified atom stereocenters. The van der Waals surface area contributed by atoms with Crippen molar-refractivity contribution in [3.8, 4) is 11.1 Å². The molecule has 0 heterocycles. The maximum Gasteiger partial charge on any atom is 0.238 e. The molecule has 6 heteroatoms. The zero-order valence-electron chi connectivity index (χ0n) is 18.6. The van der Waals surface area contributed by atoms with Crippen molar-refractivity contribution >= 4 is 23.2 Å². The molecule has 2 aromatic carbocycles. The minimum Gasteiger partial charge on any atom is -0.325 e. The Morgan fingerprint density at radius 2 is 0.900 bits per heavy atom. The Labute approximate surface area is 180 Å². The van der Waals surface area contributed by atoms with Gasteiger partial charge >= 0.3 is 0 Å². The lowest BCUT2D eigenvalue weighted by molar-refractivity contribution is -0.118. The highest BCUT2D eigenvalue weighted by Gasteiger charge is 2.09. The zero-order chi connectivity index (χ0) is 21.9. The number of rotatable bonds is 11. The number of amides is 2. The smallest absolute Gasteiger partial charge is 0.238 e. The molecule has 30 heavy (non-hydrogen) atoms. The first-order chi connectivity index (χ1) is 14.5. The molecular formula is C24H34N4O2. The van der Waals surface area contributed by atoms with Gasteiger partial charge in [-0.3, -0.25) is 19.4 Å². The maximum atomic E-state index is 12.1. The van der Waals surface area contributed by atoms with Crippen LogP contribution >= 0.6 is 0 Å². The Kier molecular flexibility index (Phi) is 9.51. The van der Waals surface area contributed by atoms with Crippen molar-refractivity contribution in [3.63, 3.8) is 0 Å². The van der Waals surface area contributed by atoms with E-state index in [1.54, 1.807) is 0 Å². The first-order valence-electron chi connectivity index (χ1n) is 10.7. The van der Waals surface area contributed by atoms with E-state index in [0.717, 1.165) is 48.7 Å². The first-order valence-corrected chi connectivity index (χ1v) is 10.7. The molecule has 0 aliphatic rings. The summed E-state index contributed by atoms with van der Waals surface area (Å²) in [6.07, 6.45) is 0. The maximum absolute atomic E-state index is 12.1. The fourth-order valence-electron chi connectivity index (χ4n) is 3.19. The number of carbonyl (C=O) groups excluding carboxylic acids is 2. The second-order valence-corrected chi connectivity index (χ2v) is 7.17. The molecule has 6 nitrogen and oxygen atoms in total. The number of nitrogens with zero attached hydrogens (tertiary/aromatic N) is 2. The van der Waals surface area contributed by atoms with Crippen LogP contribution in [0.2, 0.25) is 0 Å². The average molecular weight is 411 g/mol. The molecular weight excluding hydrogens is 376 g/mol. The van der Waals surface area contributed by atoms with Gasteiger partial charge in [0.1, 0.15) is 0 Å². The topological polar surface area (TPSA) is 64.7 Å². The van der Waals surface area contributed by atoms with E-state index in [1.165, 1.54) is 0 Å². The van der Waals surface area contributed by atoms with Crippen molar-refractivity contribution < 1.29 is 9.59 Å². The molecule has 2 N–H and O–H groups in total. The Bertz CT molecular complexity index is 725. The van der Waals surface area contributed by atoms with E-state index in [4.69, 9.17) is 0 Å². The molecule has 0 aliphatic heterocycles. The summed E-state index contributed by atoms with van der Waals surface area (Å²) in [5.74, 6) is -0.00693. The lowest BCUT2D eigenvalue weighted by Crippen LogP contribution is -2.32. The van der Waals surface area contributed by atoms with Crippen LogP contribution in [0.4, 0.5) is 11.4 Å². The van der Waals surface area contributed by atoms with Gasteiger partial charge in [-0.15, -0.1) is 0 Å². The Hall–Kier alpha value is -2.70. The van der Waals surface area contributed by atoms with Gasteiger partial charge in [0.2, 0.25) is 11.8 Å². The average Bonchev–Trinajstić information content (AvgIpc) is 2.77. The van der Waals surface area contributed by atoms with Crippen molar-refractivity contribution in [1.82, 2.24) is 9.80 Å². The van der Waals surface area contributed by atoms with Gasteiger partial charge < -0.3 is 10.6 Å². The van der Waals surface area contributed by atoms with Crippen molar-refractivity contribution in [2.75, 3.05) is 49.9 Å². The number of benzene rings is 2. The standard InChI is InChI=1S/C24H34N4O2/c1-5-27(6-2)17-23(29)25-21-13-9-19(10-14-21)20-11-15-22(16-12-20)26-24(30)18-28(7-3)8-4/h9-16H,5-8,17-18H2,1-4H3,(H,25,29)(H,26,30). The van der Waals surface area contributed by atoms with Gasteiger partial charge in [0, 0.05) is 11.4 Å². The summed E-state index contributed by atoms with van der Waals surface area (Å²) in [5, 5.41) is 5.89. The summed E-state index contributed by atoms with van der Waals surface area (Å²) in [4.78, 5) is 28.4. The summed E-state index contributed by atoms with van der Waals surface area (Å²) in [7, 11) is 0. The lowest BCUT2D eigenvalue weighted by Gasteiger charge is -2.17. The van der Waals surface area contributed by atoms with Crippen LogP contribution in [0.15, 0.2) is 48.5 Å². The van der Waals surface area contributed by atoms with Crippen LogP contribution in [0.3, 0.4) is 0 Å². The fourth-order valence-corrected chi connectivity index (χ4v) is 3.19. The van der Waals surface area contributed by atoms with Gasteiger partial charge in [0.05, 0.1) is 13.1 Å². The summed E-state index contributed by atoms with van der Waals surface area (Å²) in [6, 6.07) is 15.6. The van der Waals surface area contributed by atoms with Crippen molar-refractivity contribution in [2.45, 2.75) is 27.7 Å². The Balaban J connectivity index is 1.93. The quantitative estimate of drug-likeness (QED) is 0.589. The van der Waals surface area contributed by atoms with Crippen molar-refractivity contribution in [1.29, 1.82) is 0 Å². The molecule has 0 saturated heterocycles.